The lowest BCUT2D eigenvalue weighted by molar-refractivity contribution is -0.118. The van der Waals surface area contributed by atoms with Crippen LogP contribution in [-0.2, 0) is 11.8 Å². The van der Waals surface area contributed by atoms with Gasteiger partial charge in [0.15, 0.2) is 5.65 Å². The predicted octanol–water partition coefficient (Wildman–Crippen LogP) is 3.16. The van der Waals surface area contributed by atoms with E-state index in [1.54, 1.807) is 17.8 Å². The minimum atomic E-state index is -1.11. The maximum Gasteiger partial charge on any atom is 0.228 e. The van der Waals surface area contributed by atoms with Crippen molar-refractivity contribution in [3.05, 3.63) is 66.0 Å². The van der Waals surface area contributed by atoms with Gasteiger partial charge < -0.3 is 10.4 Å². The molecule has 28 heavy (non-hydrogen) atoms. The van der Waals surface area contributed by atoms with Crippen LogP contribution < -0.4 is 5.32 Å². The van der Waals surface area contributed by atoms with E-state index in [1.165, 1.54) is 18.2 Å². The summed E-state index contributed by atoms with van der Waals surface area (Å²) < 4.78 is 14.9. The van der Waals surface area contributed by atoms with Crippen LogP contribution in [0.1, 0.15) is 18.1 Å². The molecule has 3 N–H and O–H groups in total. The molecule has 2 aromatic heterocycles. The number of aliphatic hydroxyl groups excluding tert-OH is 1. The molecule has 1 unspecified atom stereocenters. The van der Waals surface area contributed by atoms with Crippen LogP contribution in [0.3, 0.4) is 0 Å². The van der Waals surface area contributed by atoms with E-state index in [1.807, 2.05) is 30.3 Å². The Balaban J connectivity index is 1.59. The zero-order chi connectivity index (χ0) is 19.7. The molecule has 0 aliphatic rings. The summed E-state index contributed by atoms with van der Waals surface area (Å²) in [6.07, 6.45) is -1.33. The third-order valence-electron chi connectivity index (χ3n) is 4.46. The van der Waals surface area contributed by atoms with E-state index in [4.69, 9.17) is 0 Å². The van der Waals surface area contributed by atoms with E-state index in [0.717, 1.165) is 5.56 Å². The Labute approximate surface area is 159 Å². The molecule has 0 aliphatic carbocycles. The zero-order valence-corrected chi connectivity index (χ0v) is 15.1. The van der Waals surface area contributed by atoms with Gasteiger partial charge in [0.2, 0.25) is 5.91 Å². The Morgan fingerprint density at radius 3 is 2.79 bits per heavy atom. The number of aliphatic hydroxyl groups is 1. The Morgan fingerprint density at radius 2 is 2.04 bits per heavy atom. The highest BCUT2D eigenvalue weighted by atomic mass is 19.1. The highest BCUT2D eigenvalue weighted by Crippen LogP contribution is 2.31. The first-order chi connectivity index (χ1) is 13.5. The molecule has 0 bridgehead atoms. The molecule has 0 saturated carbocycles. The van der Waals surface area contributed by atoms with E-state index in [2.05, 4.69) is 20.6 Å². The van der Waals surface area contributed by atoms with Crippen LogP contribution in [0, 0.1) is 5.82 Å². The molecular formula is C20H18FN5O2. The molecule has 0 spiro atoms. The fourth-order valence-corrected chi connectivity index (χ4v) is 3.12. The van der Waals surface area contributed by atoms with E-state index >= 15 is 0 Å². The topological polar surface area (TPSA) is 95.8 Å². The number of aryl methyl sites for hydroxylation is 1. The summed E-state index contributed by atoms with van der Waals surface area (Å²) in [4.78, 5) is 12.4. The van der Waals surface area contributed by atoms with Gasteiger partial charge in [-0.3, -0.25) is 9.89 Å². The van der Waals surface area contributed by atoms with Gasteiger partial charge in [-0.25, -0.2) is 9.07 Å². The van der Waals surface area contributed by atoms with Crippen LogP contribution in [0.4, 0.5) is 10.2 Å². The van der Waals surface area contributed by atoms with Crippen LogP contribution in [0.5, 0.6) is 0 Å². The second-order valence-electron chi connectivity index (χ2n) is 6.46. The number of nitrogens with one attached hydrogen (secondary N) is 2. The van der Waals surface area contributed by atoms with Crippen LogP contribution in [0.2, 0.25) is 0 Å². The molecule has 1 atom stereocenters. The monoisotopic (exact) mass is 379 g/mol. The lowest BCUT2D eigenvalue weighted by Crippen LogP contribution is -2.16. The molecule has 4 aromatic rings. The summed E-state index contributed by atoms with van der Waals surface area (Å²) in [6.45, 7) is 0. The number of H-pyrrole nitrogens is 1. The first-order valence-corrected chi connectivity index (χ1v) is 8.73. The molecule has 142 valence electrons. The van der Waals surface area contributed by atoms with Crippen LogP contribution in [-0.4, -0.2) is 31.0 Å². The molecule has 7 nitrogen and oxygen atoms in total. The summed E-state index contributed by atoms with van der Waals surface area (Å²) in [5.74, 6) is -0.487. The molecule has 2 heterocycles. The molecule has 0 aliphatic heterocycles. The SMILES string of the molecule is Cn1nc(-c2ccccc2)c2c(NC(=O)CC(O)c3cccc(F)c3)[nH]nc21. The number of nitrogens with zero attached hydrogens (tertiary/aromatic N) is 3. The Kier molecular flexibility index (Phi) is 4.62. The van der Waals surface area contributed by atoms with Crippen LogP contribution in [0.15, 0.2) is 54.6 Å². The maximum atomic E-state index is 13.3. The van der Waals surface area contributed by atoms with Crippen LogP contribution >= 0.6 is 0 Å². The number of aromatic nitrogens is 4. The number of carbonyl (C=O) groups excluding carboxylic acids is 1. The molecule has 2 aromatic carbocycles. The van der Waals surface area contributed by atoms with Crippen molar-refractivity contribution in [1.82, 2.24) is 20.0 Å². The second kappa shape index (κ2) is 7.24. The van der Waals surface area contributed by atoms with Gasteiger partial charge in [-0.05, 0) is 17.7 Å². The van der Waals surface area contributed by atoms with Crippen molar-refractivity contribution in [2.24, 2.45) is 7.05 Å². The van der Waals surface area contributed by atoms with Crippen molar-refractivity contribution in [2.75, 3.05) is 5.32 Å². The summed E-state index contributed by atoms with van der Waals surface area (Å²) in [5, 5.41) is 25.2. The quantitative estimate of drug-likeness (QED) is 0.496. The first kappa shape index (κ1) is 17.9. The largest absolute Gasteiger partial charge is 0.388 e. The minimum absolute atomic E-state index is 0.217. The average Bonchev–Trinajstić information content (AvgIpc) is 3.24. The standard InChI is InChI=1S/C20H18FN5O2/c1-26-20-17(18(25-26)12-6-3-2-4-7-12)19(23-24-20)22-16(28)11-15(27)13-8-5-9-14(21)10-13/h2-10,15,27H,11H2,1H3,(H2,22,23,24,28). The van der Waals surface area contributed by atoms with Gasteiger partial charge >= 0.3 is 0 Å². The average molecular weight is 379 g/mol. The third-order valence-corrected chi connectivity index (χ3v) is 4.46. The number of benzene rings is 2. The van der Waals surface area contributed by atoms with Crippen LogP contribution in [0.25, 0.3) is 22.3 Å². The lowest BCUT2D eigenvalue weighted by Gasteiger charge is -2.11. The van der Waals surface area contributed by atoms with E-state index in [-0.39, 0.29) is 6.42 Å². The van der Waals surface area contributed by atoms with Crippen molar-refractivity contribution in [2.45, 2.75) is 12.5 Å². The number of fused-ring (bicyclic) bond motifs is 1. The predicted molar refractivity (Wildman–Crippen MR) is 103 cm³/mol. The number of anilines is 1. The number of hydrogen-bond donors (Lipinski definition) is 3. The van der Waals surface area contributed by atoms with E-state index < -0.39 is 17.8 Å². The highest BCUT2D eigenvalue weighted by molar-refractivity contribution is 6.05. The van der Waals surface area contributed by atoms with Crippen molar-refractivity contribution >= 4 is 22.8 Å². The number of hydrogen-bond acceptors (Lipinski definition) is 4. The molecule has 4 rings (SSSR count). The number of aromatic amines is 1. The van der Waals surface area contributed by atoms with Gasteiger partial charge in [-0.1, -0.05) is 42.5 Å². The smallest absolute Gasteiger partial charge is 0.228 e. The Morgan fingerprint density at radius 1 is 1.25 bits per heavy atom. The molecule has 0 saturated heterocycles. The van der Waals surface area contributed by atoms with Crippen molar-refractivity contribution in [3.63, 3.8) is 0 Å². The lowest BCUT2D eigenvalue weighted by atomic mass is 10.1. The third kappa shape index (κ3) is 3.37. The summed E-state index contributed by atoms with van der Waals surface area (Å²) in [7, 11) is 1.77. The van der Waals surface area contributed by atoms with Gasteiger partial charge in [-0.2, -0.15) is 10.2 Å². The Bertz CT molecular complexity index is 1140. The number of halogens is 1. The summed E-state index contributed by atoms with van der Waals surface area (Å²) >= 11 is 0. The van der Waals surface area contributed by atoms with E-state index in [0.29, 0.717) is 28.1 Å². The first-order valence-electron chi connectivity index (χ1n) is 8.73. The summed E-state index contributed by atoms with van der Waals surface area (Å²) in [5.41, 5.74) is 2.52. The molecular weight excluding hydrogens is 361 g/mol. The minimum Gasteiger partial charge on any atom is -0.388 e. The fraction of sp³-hybridized carbons (Fsp3) is 0.150. The maximum absolute atomic E-state index is 13.3. The summed E-state index contributed by atoms with van der Waals surface area (Å²) in [6, 6.07) is 15.1. The Hall–Kier alpha value is -3.52. The van der Waals surface area contributed by atoms with Gasteiger partial charge in [0.05, 0.1) is 17.9 Å². The molecule has 8 heteroatoms. The molecule has 0 radical (unpaired) electrons. The van der Waals surface area contributed by atoms with E-state index in [9.17, 15) is 14.3 Å². The zero-order valence-electron chi connectivity index (χ0n) is 15.1. The van der Waals surface area contributed by atoms with Gasteiger partial charge in [0.25, 0.3) is 0 Å². The van der Waals surface area contributed by atoms with Gasteiger partial charge in [0.1, 0.15) is 17.3 Å². The number of amides is 1. The normalized spacial score (nSPS) is 12.2. The van der Waals surface area contributed by atoms with Gasteiger partial charge in [-0.15, -0.1) is 0 Å². The van der Waals surface area contributed by atoms with Crippen molar-refractivity contribution < 1.29 is 14.3 Å². The number of rotatable bonds is 5. The van der Waals surface area contributed by atoms with Crippen molar-refractivity contribution in [3.8, 4) is 11.3 Å². The highest BCUT2D eigenvalue weighted by Gasteiger charge is 2.20. The molecule has 0 fully saturated rings. The second-order valence-corrected chi connectivity index (χ2v) is 6.46. The number of carbonyl (C=O) groups is 1. The fourth-order valence-electron chi connectivity index (χ4n) is 3.12. The van der Waals surface area contributed by atoms with Crippen molar-refractivity contribution in [1.29, 1.82) is 0 Å². The molecule has 1 amide bonds. The van der Waals surface area contributed by atoms with Gasteiger partial charge in [0, 0.05) is 12.6 Å².